The van der Waals surface area contributed by atoms with Crippen molar-refractivity contribution in [3.63, 3.8) is 0 Å². The van der Waals surface area contributed by atoms with Crippen molar-refractivity contribution in [3.8, 4) is 11.5 Å². The molecule has 0 heterocycles. The summed E-state index contributed by atoms with van der Waals surface area (Å²) in [5.74, 6) is 1.60. The Balaban J connectivity index is 1.74. The topological polar surface area (TPSA) is 38.7 Å². The summed E-state index contributed by atoms with van der Waals surface area (Å²) in [4.78, 5) is 0. The van der Waals surface area contributed by atoms with Gasteiger partial charge in [0.2, 0.25) is 0 Å². The zero-order valence-electron chi connectivity index (χ0n) is 12.0. The van der Waals surface area contributed by atoms with E-state index in [0.717, 1.165) is 21.5 Å². The minimum atomic E-state index is -0.403. The lowest BCUT2D eigenvalue weighted by Crippen LogP contribution is -2.09. The van der Waals surface area contributed by atoms with Crippen molar-refractivity contribution in [2.75, 3.05) is 13.2 Å². The molecule has 3 nitrogen and oxygen atoms in total. The molecule has 1 N–H and O–H groups in total. The molecule has 4 heteroatoms. The molecule has 0 aliphatic heterocycles. The Morgan fingerprint density at radius 1 is 0.905 bits per heavy atom. The Kier molecular flexibility index (Phi) is 6.08. The van der Waals surface area contributed by atoms with Crippen LogP contribution >= 0.6 is 15.9 Å². The molecule has 0 spiro atoms. The molecule has 0 aromatic heterocycles. The first-order chi connectivity index (χ1) is 10.2. The van der Waals surface area contributed by atoms with Gasteiger partial charge in [0.25, 0.3) is 0 Å². The summed E-state index contributed by atoms with van der Waals surface area (Å²) in [5, 5.41) is 9.72. The number of aliphatic hydroxyl groups excluding tert-OH is 1. The standard InChI is InChI=1S/C17H19BrO3/c1-2-17(19)13-3-7-15(8-4-13)20-11-12-21-16-9-5-14(18)6-10-16/h3-10,17,19H,2,11-12H2,1H3. The van der Waals surface area contributed by atoms with Gasteiger partial charge in [-0.3, -0.25) is 0 Å². The summed E-state index contributed by atoms with van der Waals surface area (Å²) >= 11 is 3.38. The van der Waals surface area contributed by atoms with Crippen molar-refractivity contribution >= 4 is 15.9 Å². The van der Waals surface area contributed by atoms with Crippen molar-refractivity contribution in [2.24, 2.45) is 0 Å². The average Bonchev–Trinajstić information content (AvgIpc) is 2.53. The summed E-state index contributed by atoms with van der Waals surface area (Å²) in [6.07, 6.45) is 0.307. The Bertz CT molecular complexity index is 537. The zero-order valence-corrected chi connectivity index (χ0v) is 13.5. The quantitative estimate of drug-likeness (QED) is 0.754. The Labute approximate surface area is 133 Å². The number of halogens is 1. The van der Waals surface area contributed by atoms with E-state index in [2.05, 4.69) is 15.9 Å². The Morgan fingerprint density at radius 3 is 1.86 bits per heavy atom. The van der Waals surface area contributed by atoms with Crippen molar-refractivity contribution in [1.82, 2.24) is 0 Å². The van der Waals surface area contributed by atoms with E-state index in [4.69, 9.17) is 9.47 Å². The fourth-order valence-corrected chi connectivity index (χ4v) is 2.14. The maximum absolute atomic E-state index is 9.72. The van der Waals surface area contributed by atoms with Crippen LogP contribution in [0, 0.1) is 0 Å². The van der Waals surface area contributed by atoms with Crippen LogP contribution < -0.4 is 9.47 Å². The summed E-state index contributed by atoms with van der Waals surface area (Å²) in [7, 11) is 0. The Morgan fingerprint density at radius 2 is 1.38 bits per heavy atom. The van der Waals surface area contributed by atoms with Crippen molar-refractivity contribution in [1.29, 1.82) is 0 Å². The van der Waals surface area contributed by atoms with Crippen LogP contribution in [0.4, 0.5) is 0 Å². The van der Waals surface area contributed by atoms with Crippen molar-refractivity contribution in [2.45, 2.75) is 19.4 Å². The van der Waals surface area contributed by atoms with Gasteiger partial charge in [-0.2, -0.15) is 0 Å². The minimum Gasteiger partial charge on any atom is -0.490 e. The summed E-state index contributed by atoms with van der Waals surface area (Å²) in [6, 6.07) is 15.2. The SMILES string of the molecule is CCC(O)c1ccc(OCCOc2ccc(Br)cc2)cc1. The number of aliphatic hydroxyl groups is 1. The second kappa shape index (κ2) is 8.05. The van der Waals surface area contributed by atoms with Gasteiger partial charge in [-0.1, -0.05) is 35.0 Å². The molecule has 0 bridgehead atoms. The maximum Gasteiger partial charge on any atom is 0.122 e. The molecule has 2 rings (SSSR count). The van der Waals surface area contributed by atoms with E-state index in [0.29, 0.717) is 19.6 Å². The van der Waals surface area contributed by atoms with E-state index in [1.54, 1.807) is 0 Å². The van der Waals surface area contributed by atoms with E-state index < -0.39 is 6.10 Å². The van der Waals surface area contributed by atoms with Crippen LogP contribution in [-0.2, 0) is 0 Å². The zero-order chi connectivity index (χ0) is 15.1. The van der Waals surface area contributed by atoms with Crippen LogP contribution in [0.2, 0.25) is 0 Å². The lowest BCUT2D eigenvalue weighted by atomic mass is 10.1. The third kappa shape index (κ3) is 5.06. The molecule has 0 saturated heterocycles. The molecule has 0 amide bonds. The van der Waals surface area contributed by atoms with Crippen molar-refractivity contribution < 1.29 is 14.6 Å². The predicted octanol–water partition coefficient (Wildman–Crippen LogP) is 4.35. The van der Waals surface area contributed by atoms with Gasteiger partial charge in [0, 0.05) is 4.47 Å². The van der Waals surface area contributed by atoms with Gasteiger partial charge in [0.1, 0.15) is 24.7 Å². The number of hydrogen-bond donors (Lipinski definition) is 1. The van der Waals surface area contributed by atoms with E-state index in [1.807, 2.05) is 55.5 Å². The molecule has 0 radical (unpaired) electrons. The van der Waals surface area contributed by atoms with Crippen LogP contribution in [0.1, 0.15) is 25.0 Å². The lowest BCUT2D eigenvalue weighted by Gasteiger charge is -2.11. The monoisotopic (exact) mass is 350 g/mol. The first-order valence-corrected chi connectivity index (χ1v) is 7.77. The second-order valence-electron chi connectivity index (χ2n) is 4.64. The third-order valence-corrected chi connectivity index (χ3v) is 3.61. The van der Waals surface area contributed by atoms with Gasteiger partial charge >= 0.3 is 0 Å². The molecule has 1 unspecified atom stereocenters. The molecule has 1 atom stereocenters. The van der Waals surface area contributed by atoms with Crippen LogP contribution in [-0.4, -0.2) is 18.3 Å². The van der Waals surface area contributed by atoms with E-state index >= 15 is 0 Å². The molecule has 2 aromatic carbocycles. The first kappa shape index (κ1) is 15.9. The van der Waals surface area contributed by atoms with Crippen LogP contribution in [0.3, 0.4) is 0 Å². The normalized spacial score (nSPS) is 12.0. The fraction of sp³-hybridized carbons (Fsp3) is 0.294. The average molecular weight is 351 g/mol. The van der Waals surface area contributed by atoms with Crippen LogP contribution in [0.5, 0.6) is 11.5 Å². The molecule has 0 aliphatic carbocycles. The molecule has 0 saturated carbocycles. The van der Waals surface area contributed by atoms with Gasteiger partial charge in [-0.15, -0.1) is 0 Å². The highest BCUT2D eigenvalue weighted by Gasteiger charge is 2.04. The summed E-state index contributed by atoms with van der Waals surface area (Å²) in [6.45, 7) is 2.92. The maximum atomic E-state index is 9.72. The highest BCUT2D eigenvalue weighted by Crippen LogP contribution is 2.20. The highest BCUT2D eigenvalue weighted by molar-refractivity contribution is 9.10. The number of ether oxygens (including phenoxy) is 2. The van der Waals surface area contributed by atoms with Crippen LogP contribution in [0.25, 0.3) is 0 Å². The van der Waals surface area contributed by atoms with Crippen molar-refractivity contribution in [3.05, 3.63) is 58.6 Å². The largest absolute Gasteiger partial charge is 0.490 e. The number of rotatable bonds is 7. The molecular weight excluding hydrogens is 332 g/mol. The predicted molar refractivity (Wildman–Crippen MR) is 86.8 cm³/mol. The van der Waals surface area contributed by atoms with Gasteiger partial charge in [0.15, 0.2) is 0 Å². The summed E-state index contributed by atoms with van der Waals surface area (Å²) < 4.78 is 12.2. The summed E-state index contributed by atoms with van der Waals surface area (Å²) in [5.41, 5.74) is 0.913. The van der Waals surface area contributed by atoms with E-state index in [9.17, 15) is 5.11 Å². The third-order valence-electron chi connectivity index (χ3n) is 3.09. The van der Waals surface area contributed by atoms with E-state index in [1.165, 1.54) is 0 Å². The number of hydrogen-bond acceptors (Lipinski definition) is 3. The molecule has 2 aromatic rings. The first-order valence-electron chi connectivity index (χ1n) is 6.98. The Hall–Kier alpha value is -1.52. The van der Waals surface area contributed by atoms with Gasteiger partial charge < -0.3 is 14.6 Å². The van der Waals surface area contributed by atoms with E-state index in [-0.39, 0.29) is 0 Å². The molecule has 0 aliphatic rings. The minimum absolute atomic E-state index is 0.403. The van der Waals surface area contributed by atoms with Gasteiger partial charge in [0.05, 0.1) is 6.10 Å². The highest BCUT2D eigenvalue weighted by atomic mass is 79.9. The number of benzene rings is 2. The lowest BCUT2D eigenvalue weighted by molar-refractivity contribution is 0.173. The van der Waals surface area contributed by atoms with Gasteiger partial charge in [-0.25, -0.2) is 0 Å². The second-order valence-corrected chi connectivity index (χ2v) is 5.56. The molecule has 21 heavy (non-hydrogen) atoms. The molecular formula is C17H19BrO3. The van der Waals surface area contributed by atoms with Gasteiger partial charge in [-0.05, 0) is 48.4 Å². The molecule has 112 valence electrons. The van der Waals surface area contributed by atoms with Crippen LogP contribution in [0.15, 0.2) is 53.0 Å². The molecule has 0 fully saturated rings. The fourth-order valence-electron chi connectivity index (χ4n) is 1.87. The smallest absolute Gasteiger partial charge is 0.122 e.